The molecule has 0 aliphatic carbocycles. The summed E-state index contributed by atoms with van der Waals surface area (Å²) < 4.78 is 6.08. The van der Waals surface area contributed by atoms with E-state index in [0.717, 1.165) is 52.4 Å². The lowest BCUT2D eigenvalue weighted by atomic mass is 9.98. The summed E-state index contributed by atoms with van der Waals surface area (Å²) in [6.07, 6.45) is -0.280. The fourth-order valence-corrected chi connectivity index (χ4v) is 3.62. The predicted octanol–water partition coefficient (Wildman–Crippen LogP) is 0.142. The topological polar surface area (TPSA) is 48.0 Å². The molecule has 0 saturated carbocycles. The third kappa shape index (κ3) is 4.97. The van der Waals surface area contributed by atoms with Gasteiger partial charge in [-0.3, -0.25) is 9.80 Å². The summed E-state index contributed by atoms with van der Waals surface area (Å²) in [5, 5.41) is 13.7. The van der Waals surface area contributed by atoms with Crippen molar-refractivity contribution in [2.45, 2.75) is 45.0 Å². The van der Waals surface area contributed by atoms with Crippen LogP contribution in [-0.4, -0.2) is 84.6 Å². The van der Waals surface area contributed by atoms with E-state index in [2.05, 4.69) is 42.8 Å². The van der Waals surface area contributed by atoms with Crippen LogP contribution in [0.1, 0.15) is 27.7 Å². The summed E-state index contributed by atoms with van der Waals surface area (Å²) in [4.78, 5) is 4.69. The van der Waals surface area contributed by atoms with Gasteiger partial charge in [-0.1, -0.05) is 0 Å². The molecule has 0 radical (unpaired) electrons. The fraction of sp³-hybridized carbons (Fsp3) is 1.00. The molecule has 1 unspecified atom stereocenters. The van der Waals surface area contributed by atoms with E-state index in [0.29, 0.717) is 0 Å². The van der Waals surface area contributed by atoms with Gasteiger partial charge in [-0.15, -0.1) is 0 Å². The minimum atomic E-state index is -0.280. The van der Waals surface area contributed by atoms with Gasteiger partial charge in [0.15, 0.2) is 0 Å². The molecule has 2 aliphatic rings. The summed E-state index contributed by atoms with van der Waals surface area (Å²) in [6, 6.07) is 0. The molecular weight excluding hydrogens is 254 g/mol. The highest BCUT2D eigenvalue weighted by Gasteiger charge is 2.38. The Morgan fingerprint density at radius 2 is 1.50 bits per heavy atom. The van der Waals surface area contributed by atoms with Crippen molar-refractivity contribution in [1.29, 1.82) is 0 Å². The van der Waals surface area contributed by atoms with Crippen molar-refractivity contribution in [3.8, 4) is 0 Å². The summed E-state index contributed by atoms with van der Waals surface area (Å²) in [5.74, 6) is 0. The molecule has 2 aliphatic heterocycles. The van der Waals surface area contributed by atoms with Crippen molar-refractivity contribution in [1.82, 2.24) is 15.1 Å². The van der Waals surface area contributed by atoms with Crippen molar-refractivity contribution in [3.63, 3.8) is 0 Å². The Kier molecular flexibility index (Phi) is 5.08. The molecule has 118 valence electrons. The van der Waals surface area contributed by atoms with Crippen LogP contribution in [0, 0.1) is 0 Å². The maximum atomic E-state index is 10.3. The summed E-state index contributed by atoms with van der Waals surface area (Å²) in [6.45, 7) is 15.9. The molecule has 20 heavy (non-hydrogen) atoms. The first-order valence-electron chi connectivity index (χ1n) is 7.79. The molecule has 5 heteroatoms. The van der Waals surface area contributed by atoms with Crippen LogP contribution in [0.15, 0.2) is 0 Å². The van der Waals surface area contributed by atoms with Crippen molar-refractivity contribution < 1.29 is 9.84 Å². The SMILES string of the molecule is CC1(C)CN(CC(O)CN2CCNCC2)CC(C)(C)O1. The number of aliphatic hydroxyl groups excluding tert-OH is 1. The average molecular weight is 285 g/mol. The van der Waals surface area contributed by atoms with E-state index in [1.807, 2.05) is 0 Å². The lowest BCUT2D eigenvalue weighted by molar-refractivity contribution is -0.184. The molecule has 0 spiro atoms. The quantitative estimate of drug-likeness (QED) is 0.769. The standard InChI is InChI=1S/C15H31N3O2/c1-14(2)11-18(12-15(3,4)20-14)10-13(19)9-17-7-5-16-6-8-17/h13,16,19H,5-12H2,1-4H3. The molecule has 2 heterocycles. The summed E-state index contributed by atoms with van der Waals surface area (Å²) in [5.41, 5.74) is -0.285. The number of morpholine rings is 1. The van der Waals surface area contributed by atoms with Gasteiger partial charge in [-0.05, 0) is 27.7 Å². The molecule has 0 aromatic rings. The van der Waals surface area contributed by atoms with E-state index in [1.54, 1.807) is 0 Å². The number of nitrogens with zero attached hydrogens (tertiary/aromatic N) is 2. The van der Waals surface area contributed by atoms with Crippen LogP contribution in [0.2, 0.25) is 0 Å². The number of piperazine rings is 1. The molecule has 2 rings (SSSR count). The highest BCUT2D eigenvalue weighted by atomic mass is 16.5. The molecule has 2 saturated heterocycles. The number of rotatable bonds is 4. The lowest BCUT2D eigenvalue weighted by Crippen LogP contribution is -2.59. The summed E-state index contributed by atoms with van der Waals surface area (Å²) in [7, 11) is 0. The highest BCUT2D eigenvalue weighted by molar-refractivity contribution is 4.90. The zero-order valence-corrected chi connectivity index (χ0v) is 13.5. The number of nitrogens with one attached hydrogen (secondary N) is 1. The second kappa shape index (κ2) is 6.28. The maximum Gasteiger partial charge on any atom is 0.0793 e. The van der Waals surface area contributed by atoms with Crippen LogP contribution in [0.3, 0.4) is 0 Å². The predicted molar refractivity (Wildman–Crippen MR) is 81.0 cm³/mol. The lowest BCUT2D eigenvalue weighted by Gasteiger charge is -2.47. The minimum Gasteiger partial charge on any atom is -0.390 e. The van der Waals surface area contributed by atoms with Gasteiger partial charge in [0.05, 0.1) is 17.3 Å². The number of hydrogen-bond donors (Lipinski definition) is 2. The second-order valence-corrected chi connectivity index (χ2v) is 7.50. The Bertz CT molecular complexity index is 298. The van der Waals surface area contributed by atoms with Gasteiger partial charge in [0, 0.05) is 52.4 Å². The van der Waals surface area contributed by atoms with Crippen LogP contribution >= 0.6 is 0 Å². The zero-order valence-electron chi connectivity index (χ0n) is 13.5. The molecule has 0 aromatic carbocycles. The van der Waals surface area contributed by atoms with Gasteiger partial charge in [0.2, 0.25) is 0 Å². The van der Waals surface area contributed by atoms with Crippen LogP contribution in [-0.2, 0) is 4.74 Å². The molecule has 0 bridgehead atoms. The third-order valence-corrected chi connectivity index (χ3v) is 3.91. The Morgan fingerprint density at radius 1 is 1.00 bits per heavy atom. The molecule has 1 atom stereocenters. The largest absolute Gasteiger partial charge is 0.390 e. The van der Waals surface area contributed by atoms with Crippen LogP contribution in [0.5, 0.6) is 0 Å². The molecule has 0 aromatic heterocycles. The third-order valence-electron chi connectivity index (χ3n) is 3.91. The molecule has 2 fully saturated rings. The Labute approximate surface area is 123 Å². The van der Waals surface area contributed by atoms with E-state index in [-0.39, 0.29) is 17.3 Å². The van der Waals surface area contributed by atoms with Crippen LogP contribution < -0.4 is 5.32 Å². The molecular formula is C15H31N3O2. The first kappa shape index (κ1) is 16.2. The molecule has 0 amide bonds. The monoisotopic (exact) mass is 285 g/mol. The second-order valence-electron chi connectivity index (χ2n) is 7.50. The van der Waals surface area contributed by atoms with Gasteiger partial charge in [-0.25, -0.2) is 0 Å². The maximum absolute atomic E-state index is 10.3. The first-order valence-corrected chi connectivity index (χ1v) is 7.79. The normalized spacial score (nSPS) is 29.2. The fourth-order valence-electron chi connectivity index (χ4n) is 3.62. The van der Waals surface area contributed by atoms with E-state index in [9.17, 15) is 5.11 Å². The first-order chi connectivity index (χ1) is 9.26. The van der Waals surface area contributed by atoms with Crippen molar-refractivity contribution >= 4 is 0 Å². The Morgan fingerprint density at radius 3 is 2.05 bits per heavy atom. The molecule has 5 nitrogen and oxygen atoms in total. The van der Waals surface area contributed by atoms with Crippen molar-refractivity contribution in [2.75, 3.05) is 52.4 Å². The van der Waals surface area contributed by atoms with Gasteiger partial charge in [0.1, 0.15) is 0 Å². The number of β-amino-alcohol motifs (C(OH)–C–C–N with tert-alkyl or cyclic N) is 1. The minimum absolute atomic E-state index is 0.142. The van der Waals surface area contributed by atoms with E-state index in [4.69, 9.17) is 4.74 Å². The van der Waals surface area contributed by atoms with Crippen molar-refractivity contribution in [2.24, 2.45) is 0 Å². The van der Waals surface area contributed by atoms with Gasteiger partial charge >= 0.3 is 0 Å². The van der Waals surface area contributed by atoms with E-state index >= 15 is 0 Å². The smallest absolute Gasteiger partial charge is 0.0793 e. The van der Waals surface area contributed by atoms with E-state index < -0.39 is 0 Å². The number of hydrogen-bond acceptors (Lipinski definition) is 5. The summed E-state index contributed by atoms with van der Waals surface area (Å²) >= 11 is 0. The Hall–Kier alpha value is -0.200. The van der Waals surface area contributed by atoms with Crippen molar-refractivity contribution in [3.05, 3.63) is 0 Å². The molecule has 2 N–H and O–H groups in total. The van der Waals surface area contributed by atoms with Crippen LogP contribution in [0.25, 0.3) is 0 Å². The highest BCUT2D eigenvalue weighted by Crippen LogP contribution is 2.27. The number of ether oxygens (including phenoxy) is 1. The van der Waals surface area contributed by atoms with Gasteiger partial charge in [-0.2, -0.15) is 0 Å². The zero-order chi connectivity index (χ0) is 14.8. The van der Waals surface area contributed by atoms with Gasteiger partial charge in [0.25, 0.3) is 0 Å². The van der Waals surface area contributed by atoms with E-state index in [1.165, 1.54) is 0 Å². The van der Waals surface area contributed by atoms with Crippen LogP contribution in [0.4, 0.5) is 0 Å². The Balaban J connectivity index is 1.82. The van der Waals surface area contributed by atoms with Gasteiger partial charge < -0.3 is 15.2 Å². The average Bonchev–Trinajstić information content (AvgIpc) is 2.25. The number of aliphatic hydroxyl groups is 1.